The van der Waals surface area contributed by atoms with E-state index < -0.39 is 75.7 Å². The van der Waals surface area contributed by atoms with Gasteiger partial charge in [0.2, 0.25) is 0 Å². The van der Waals surface area contributed by atoms with Crippen LogP contribution in [0.2, 0.25) is 0 Å². The van der Waals surface area contributed by atoms with Gasteiger partial charge >= 0.3 is 19.8 Å². The third kappa shape index (κ3) is 33.4. The highest BCUT2D eigenvalue weighted by Crippen LogP contribution is 2.47. The number of aliphatic hydroxyl groups excluding tert-OH is 5. The number of unbranched alkanes of at least 4 members (excludes halogenated alkanes) is 6. The van der Waals surface area contributed by atoms with Crippen LogP contribution >= 0.6 is 7.82 Å². The molecule has 8 atom stereocenters. The smallest absolute Gasteiger partial charge is 0.462 e. The van der Waals surface area contributed by atoms with Gasteiger partial charge in [-0.25, -0.2) is 4.57 Å². The predicted octanol–water partition coefficient (Wildman–Crippen LogP) is 10.2. The molecule has 0 amide bonds. The Hall–Kier alpha value is -3.75. The molecule has 0 aromatic heterocycles. The summed E-state index contributed by atoms with van der Waals surface area (Å²) in [5, 5.41) is 50.2. The van der Waals surface area contributed by atoms with Crippen molar-refractivity contribution in [2.75, 3.05) is 13.2 Å². The first-order valence-corrected chi connectivity index (χ1v) is 25.8. The number of hydrogen-bond donors (Lipinski definition) is 6. The molecule has 67 heavy (non-hydrogen) atoms. The van der Waals surface area contributed by atoms with Gasteiger partial charge in [-0.1, -0.05) is 155 Å². The highest BCUT2D eigenvalue weighted by atomic mass is 31.2. The molecular formula is C53H83O13P. The number of rotatable bonds is 38. The van der Waals surface area contributed by atoms with Gasteiger partial charge in [0.25, 0.3) is 0 Å². The summed E-state index contributed by atoms with van der Waals surface area (Å²) in [5.41, 5.74) is 0. The number of phosphoric ester groups is 1. The largest absolute Gasteiger partial charge is 0.472 e. The fourth-order valence-electron chi connectivity index (χ4n) is 6.41. The molecule has 13 nitrogen and oxygen atoms in total. The van der Waals surface area contributed by atoms with Crippen LogP contribution < -0.4 is 0 Å². The lowest BCUT2D eigenvalue weighted by Crippen LogP contribution is -2.64. The van der Waals surface area contributed by atoms with Gasteiger partial charge in [-0.15, -0.1) is 0 Å². The van der Waals surface area contributed by atoms with E-state index in [0.29, 0.717) is 19.3 Å². The van der Waals surface area contributed by atoms with Crippen molar-refractivity contribution in [2.24, 2.45) is 0 Å². The fourth-order valence-corrected chi connectivity index (χ4v) is 7.38. The van der Waals surface area contributed by atoms with Gasteiger partial charge in [0.1, 0.15) is 43.2 Å². The third-order valence-corrected chi connectivity index (χ3v) is 11.3. The molecule has 1 saturated carbocycles. The number of aliphatic hydroxyl groups is 5. The van der Waals surface area contributed by atoms with Gasteiger partial charge in [0.15, 0.2) is 6.10 Å². The normalized spacial score (nSPS) is 22.2. The van der Waals surface area contributed by atoms with Crippen LogP contribution in [0.3, 0.4) is 0 Å². The Morgan fingerprint density at radius 1 is 0.478 bits per heavy atom. The molecular weight excluding hydrogens is 876 g/mol. The highest BCUT2D eigenvalue weighted by molar-refractivity contribution is 7.47. The molecule has 6 unspecified atom stereocenters. The zero-order valence-corrected chi connectivity index (χ0v) is 41.0. The zero-order valence-electron chi connectivity index (χ0n) is 40.1. The molecule has 1 aliphatic rings. The SMILES string of the molecule is CC/C=C/C/C=C/C/C=C/C/C=C/C/C=C/CCCCCC(=O)O[C@@H](COC(=O)CC/C=C/C/C=C/C/C=C/C/C=C/C/C=C/CCCCC)COP(=O)(O)OC1C(O)C(O)C(O)[C@H](O)C1O. The van der Waals surface area contributed by atoms with E-state index in [1.54, 1.807) is 0 Å². The first-order valence-electron chi connectivity index (χ1n) is 24.3. The van der Waals surface area contributed by atoms with Crippen LogP contribution in [0.5, 0.6) is 0 Å². The number of phosphoric acid groups is 1. The molecule has 1 fully saturated rings. The summed E-state index contributed by atoms with van der Waals surface area (Å²) in [6, 6.07) is 0. The maximum atomic E-state index is 12.8. The molecule has 6 N–H and O–H groups in total. The van der Waals surface area contributed by atoms with Crippen molar-refractivity contribution in [1.29, 1.82) is 0 Å². The second kappa shape index (κ2) is 41.2. The molecule has 0 spiro atoms. The summed E-state index contributed by atoms with van der Waals surface area (Å²) < 4.78 is 33.5. The third-order valence-electron chi connectivity index (χ3n) is 10.3. The van der Waals surface area contributed by atoms with Crippen LogP contribution in [0, 0.1) is 0 Å². The van der Waals surface area contributed by atoms with Gasteiger partial charge in [0, 0.05) is 12.8 Å². The average Bonchev–Trinajstić information content (AvgIpc) is 3.31. The second-order valence-corrected chi connectivity index (χ2v) is 17.6. The van der Waals surface area contributed by atoms with Gasteiger partial charge < -0.3 is 39.9 Å². The van der Waals surface area contributed by atoms with Crippen LogP contribution in [0.15, 0.2) is 122 Å². The molecule has 0 saturated heterocycles. The van der Waals surface area contributed by atoms with Crippen molar-refractivity contribution < 1.29 is 63.1 Å². The predicted molar refractivity (Wildman–Crippen MR) is 267 cm³/mol. The standard InChI is InChI=1S/C53H83O13P/c1-3-5-7-9-11-13-15-17-19-21-23-25-27-29-31-33-35-37-39-41-46(54)63-43-45(44-64-67(61,62)66-53-51(59)49(57)48(56)50(58)52(53)60)65-47(55)42-40-38-36-34-32-30-28-26-24-22-20-18-16-14-12-10-8-6-4-2/h6,8,11-14,17-20,23-26,29-32,35,37,45,48-53,56-60H,3-5,7,9-10,15-16,21-22,27-28,33-34,36,38-44H2,1-2H3,(H,61,62)/b8-6+,13-11+,14-12+,19-17+,20-18+,25-23+,26-24+,31-29+,32-30+,37-35+/t45-,48?,49-,50?,51?,52?,53?/m0/s1. The van der Waals surface area contributed by atoms with E-state index in [4.69, 9.17) is 18.5 Å². The van der Waals surface area contributed by atoms with Crippen molar-refractivity contribution in [3.05, 3.63) is 122 Å². The monoisotopic (exact) mass is 959 g/mol. The summed E-state index contributed by atoms with van der Waals surface area (Å²) in [5.74, 6) is -1.25. The second-order valence-electron chi connectivity index (χ2n) is 16.2. The van der Waals surface area contributed by atoms with E-state index in [1.165, 1.54) is 19.3 Å². The van der Waals surface area contributed by atoms with E-state index in [0.717, 1.165) is 77.0 Å². The molecule has 0 bridgehead atoms. The van der Waals surface area contributed by atoms with Crippen LogP contribution in [0.4, 0.5) is 0 Å². The average molecular weight is 959 g/mol. The number of allylic oxidation sites excluding steroid dienone is 20. The Labute approximate surface area is 401 Å². The lowest BCUT2D eigenvalue weighted by atomic mass is 9.85. The Kier molecular flexibility index (Phi) is 37.7. The number of hydrogen-bond acceptors (Lipinski definition) is 12. The van der Waals surface area contributed by atoms with Gasteiger partial charge in [-0.3, -0.25) is 18.6 Å². The maximum Gasteiger partial charge on any atom is 0.472 e. The van der Waals surface area contributed by atoms with Crippen LogP contribution in [0.1, 0.15) is 142 Å². The molecule has 14 heteroatoms. The summed E-state index contributed by atoms with van der Waals surface area (Å²) in [4.78, 5) is 35.7. The topological polar surface area (TPSA) is 210 Å². The number of carbonyl (C=O) groups excluding carboxylic acids is 2. The minimum Gasteiger partial charge on any atom is -0.462 e. The van der Waals surface area contributed by atoms with Crippen LogP contribution in [-0.4, -0.2) is 98.3 Å². The quantitative estimate of drug-likeness (QED) is 0.0148. The molecule has 0 aromatic carbocycles. The Morgan fingerprint density at radius 3 is 1.33 bits per heavy atom. The van der Waals surface area contributed by atoms with E-state index in [-0.39, 0.29) is 12.8 Å². The van der Waals surface area contributed by atoms with E-state index in [2.05, 4.69) is 117 Å². The molecule has 0 aromatic rings. The Morgan fingerprint density at radius 2 is 0.881 bits per heavy atom. The molecule has 378 valence electrons. The van der Waals surface area contributed by atoms with E-state index >= 15 is 0 Å². The number of carbonyl (C=O) groups is 2. The molecule has 0 radical (unpaired) electrons. The first-order chi connectivity index (χ1) is 32.4. The summed E-state index contributed by atoms with van der Waals surface area (Å²) >= 11 is 0. The summed E-state index contributed by atoms with van der Waals surface area (Å²) in [6.45, 7) is 3.05. The summed E-state index contributed by atoms with van der Waals surface area (Å²) in [6.07, 6.45) is 45.4. The van der Waals surface area contributed by atoms with Crippen molar-refractivity contribution in [3.63, 3.8) is 0 Å². The van der Waals surface area contributed by atoms with Crippen molar-refractivity contribution in [2.45, 2.75) is 185 Å². The van der Waals surface area contributed by atoms with E-state index in [9.17, 15) is 44.6 Å². The zero-order chi connectivity index (χ0) is 49.2. The van der Waals surface area contributed by atoms with Gasteiger partial charge in [-0.05, 0) is 96.3 Å². The Balaban J connectivity index is 2.53. The Bertz CT molecular complexity index is 1630. The molecule has 1 aliphatic carbocycles. The lowest BCUT2D eigenvalue weighted by molar-refractivity contribution is -0.220. The molecule has 0 heterocycles. The minimum atomic E-state index is -5.16. The molecule has 0 aliphatic heterocycles. The maximum absolute atomic E-state index is 12.8. The number of ether oxygens (including phenoxy) is 2. The number of esters is 2. The van der Waals surface area contributed by atoms with Crippen LogP contribution in [0.25, 0.3) is 0 Å². The van der Waals surface area contributed by atoms with Gasteiger partial charge in [0.05, 0.1) is 6.61 Å². The lowest BCUT2D eigenvalue weighted by Gasteiger charge is -2.41. The van der Waals surface area contributed by atoms with Crippen molar-refractivity contribution in [3.8, 4) is 0 Å². The highest BCUT2D eigenvalue weighted by Gasteiger charge is 2.51. The van der Waals surface area contributed by atoms with Crippen molar-refractivity contribution >= 4 is 19.8 Å². The first kappa shape index (κ1) is 61.3. The summed E-state index contributed by atoms with van der Waals surface area (Å²) in [7, 11) is -5.16. The minimum absolute atomic E-state index is 0.0279. The van der Waals surface area contributed by atoms with E-state index in [1.807, 2.05) is 18.2 Å². The van der Waals surface area contributed by atoms with Crippen molar-refractivity contribution in [1.82, 2.24) is 0 Å². The fraction of sp³-hybridized carbons (Fsp3) is 0.585. The van der Waals surface area contributed by atoms with Gasteiger partial charge in [-0.2, -0.15) is 0 Å². The van der Waals surface area contributed by atoms with Crippen LogP contribution in [-0.2, 0) is 32.7 Å². The molecule has 1 rings (SSSR count).